The zero-order valence-corrected chi connectivity index (χ0v) is 13.7. The number of nitrogens with two attached hydrogens (primary N) is 2. The SMILES string of the molecule is CC(=O)OCc1ccc(NC(=O)[C@@H](N)CCCCNC(N)=O)cc1. The fourth-order valence-electron chi connectivity index (χ4n) is 1.94. The van der Waals surface area contributed by atoms with E-state index in [1.165, 1.54) is 6.92 Å². The monoisotopic (exact) mass is 336 g/mol. The minimum absolute atomic E-state index is 0.197. The van der Waals surface area contributed by atoms with Crippen molar-refractivity contribution in [1.29, 1.82) is 0 Å². The molecule has 6 N–H and O–H groups in total. The number of rotatable bonds is 9. The summed E-state index contributed by atoms with van der Waals surface area (Å²) in [6.45, 7) is 2.01. The molecule has 1 atom stereocenters. The first-order valence-electron chi connectivity index (χ1n) is 7.70. The summed E-state index contributed by atoms with van der Waals surface area (Å²) in [5.41, 5.74) is 12.2. The number of urea groups is 1. The van der Waals surface area contributed by atoms with Gasteiger partial charge in [0.15, 0.2) is 0 Å². The number of esters is 1. The maximum Gasteiger partial charge on any atom is 0.312 e. The molecule has 0 aliphatic heterocycles. The third-order valence-electron chi connectivity index (χ3n) is 3.24. The molecule has 8 nitrogen and oxygen atoms in total. The molecule has 0 fully saturated rings. The molecule has 0 saturated heterocycles. The predicted molar refractivity (Wildman–Crippen MR) is 90.0 cm³/mol. The van der Waals surface area contributed by atoms with Crippen LogP contribution in [0.25, 0.3) is 0 Å². The molecule has 0 saturated carbocycles. The quantitative estimate of drug-likeness (QED) is 0.391. The molecule has 24 heavy (non-hydrogen) atoms. The van der Waals surface area contributed by atoms with Crippen molar-refractivity contribution in [3.8, 4) is 0 Å². The molecule has 132 valence electrons. The van der Waals surface area contributed by atoms with Gasteiger partial charge < -0.3 is 26.8 Å². The van der Waals surface area contributed by atoms with E-state index in [-0.39, 0.29) is 18.5 Å². The lowest BCUT2D eigenvalue weighted by atomic mass is 10.1. The van der Waals surface area contributed by atoms with E-state index in [0.29, 0.717) is 31.5 Å². The van der Waals surface area contributed by atoms with Crippen LogP contribution in [0.5, 0.6) is 0 Å². The van der Waals surface area contributed by atoms with Gasteiger partial charge in [0.25, 0.3) is 0 Å². The molecule has 3 amide bonds. The molecule has 1 rings (SSSR count). The van der Waals surface area contributed by atoms with Gasteiger partial charge >= 0.3 is 12.0 Å². The molecule has 0 bridgehead atoms. The topological polar surface area (TPSA) is 137 Å². The van der Waals surface area contributed by atoms with Crippen LogP contribution in [0.15, 0.2) is 24.3 Å². The summed E-state index contributed by atoms with van der Waals surface area (Å²) in [7, 11) is 0. The summed E-state index contributed by atoms with van der Waals surface area (Å²) in [4.78, 5) is 33.2. The number of anilines is 1. The second-order valence-electron chi connectivity index (χ2n) is 5.36. The minimum atomic E-state index is -0.626. The van der Waals surface area contributed by atoms with Crippen LogP contribution in [0.1, 0.15) is 31.7 Å². The van der Waals surface area contributed by atoms with Gasteiger partial charge in [-0.3, -0.25) is 9.59 Å². The van der Waals surface area contributed by atoms with Crippen LogP contribution in [0.4, 0.5) is 10.5 Å². The Labute approximate surface area is 140 Å². The normalized spacial score (nSPS) is 11.4. The first-order chi connectivity index (χ1) is 11.4. The lowest BCUT2D eigenvalue weighted by molar-refractivity contribution is -0.142. The summed E-state index contributed by atoms with van der Waals surface area (Å²) in [6, 6.07) is 5.79. The van der Waals surface area contributed by atoms with E-state index in [9.17, 15) is 14.4 Å². The Balaban J connectivity index is 2.32. The van der Waals surface area contributed by atoms with E-state index in [1.807, 2.05) is 0 Å². The highest BCUT2D eigenvalue weighted by Crippen LogP contribution is 2.11. The summed E-state index contributed by atoms with van der Waals surface area (Å²) in [5, 5.41) is 5.21. The number of ether oxygens (including phenoxy) is 1. The van der Waals surface area contributed by atoms with E-state index < -0.39 is 12.1 Å². The van der Waals surface area contributed by atoms with Gasteiger partial charge in [-0.15, -0.1) is 0 Å². The lowest BCUT2D eigenvalue weighted by Crippen LogP contribution is -2.36. The average molecular weight is 336 g/mol. The third kappa shape index (κ3) is 8.14. The highest BCUT2D eigenvalue weighted by atomic mass is 16.5. The molecule has 0 spiro atoms. The van der Waals surface area contributed by atoms with Crippen molar-refractivity contribution in [3.05, 3.63) is 29.8 Å². The Morgan fingerprint density at radius 3 is 2.42 bits per heavy atom. The van der Waals surface area contributed by atoms with Crippen LogP contribution in [-0.2, 0) is 20.9 Å². The number of primary amides is 1. The van der Waals surface area contributed by atoms with Crippen molar-refractivity contribution in [2.75, 3.05) is 11.9 Å². The van der Waals surface area contributed by atoms with Gasteiger partial charge in [0, 0.05) is 19.2 Å². The van der Waals surface area contributed by atoms with Gasteiger partial charge in [0.2, 0.25) is 5.91 Å². The number of hydrogen-bond acceptors (Lipinski definition) is 5. The Bertz CT molecular complexity index is 560. The first-order valence-corrected chi connectivity index (χ1v) is 7.70. The lowest BCUT2D eigenvalue weighted by Gasteiger charge is -2.12. The van der Waals surface area contributed by atoms with Crippen LogP contribution in [0, 0.1) is 0 Å². The molecule has 0 heterocycles. The van der Waals surface area contributed by atoms with Crippen LogP contribution in [0.3, 0.4) is 0 Å². The van der Waals surface area contributed by atoms with Crippen molar-refractivity contribution < 1.29 is 19.1 Å². The Morgan fingerprint density at radius 1 is 1.17 bits per heavy atom. The van der Waals surface area contributed by atoms with Gasteiger partial charge in [0.1, 0.15) is 6.61 Å². The molecule has 0 aliphatic carbocycles. The van der Waals surface area contributed by atoms with Gasteiger partial charge in [-0.25, -0.2) is 4.79 Å². The van der Waals surface area contributed by atoms with Gasteiger partial charge in [0.05, 0.1) is 6.04 Å². The smallest absolute Gasteiger partial charge is 0.312 e. The van der Waals surface area contributed by atoms with Crippen LogP contribution >= 0.6 is 0 Å². The van der Waals surface area contributed by atoms with Gasteiger partial charge in [-0.05, 0) is 37.0 Å². The second kappa shape index (κ2) is 10.2. The molecule has 8 heteroatoms. The summed E-state index contributed by atoms with van der Waals surface area (Å²) in [5.74, 6) is -0.616. The maximum absolute atomic E-state index is 12.0. The number of carbonyl (C=O) groups excluding carboxylic acids is 3. The molecular weight excluding hydrogens is 312 g/mol. The van der Waals surface area contributed by atoms with E-state index >= 15 is 0 Å². The van der Waals surface area contributed by atoms with E-state index in [4.69, 9.17) is 16.2 Å². The molecular formula is C16H24N4O4. The van der Waals surface area contributed by atoms with Gasteiger partial charge in [-0.1, -0.05) is 12.1 Å². The van der Waals surface area contributed by atoms with Gasteiger partial charge in [-0.2, -0.15) is 0 Å². The molecule has 1 aromatic carbocycles. The van der Waals surface area contributed by atoms with E-state index in [1.54, 1.807) is 24.3 Å². The van der Waals surface area contributed by atoms with Crippen molar-refractivity contribution in [1.82, 2.24) is 5.32 Å². The summed E-state index contributed by atoms with van der Waals surface area (Å²) < 4.78 is 4.89. The van der Waals surface area contributed by atoms with Crippen molar-refractivity contribution in [2.45, 2.75) is 38.8 Å². The van der Waals surface area contributed by atoms with Crippen molar-refractivity contribution >= 4 is 23.6 Å². The number of hydrogen-bond donors (Lipinski definition) is 4. The minimum Gasteiger partial charge on any atom is -0.461 e. The highest BCUT2D eigenvalue weighted by molar-refractivity contribution is 5.94. The predicted octanol–water partition coefficient (Wildman–Crippen LogP) is 0.854. The summed E-state index contributed by atoms with van der Waals surface area (Å²) in [6.07, 6.45) is 1.92. The third-order valence-corrected chi connectivity index (χ3v) is 3.24. The van der Waals surface area contributed by atoms with Crippen LogP contribution < -0.4 is 22.1 Å². The Morgan fingerprint density at radius 2 is 1.83 bits per heavy atom. The summed E-state index contributed by atoms with van der Waals surface area (Å²) >= 11 is 0. The fraction of sp³-hybridized carbons (Fsp3) is 0.438. The second-order valence-corrected chi connectivity index (χ2v) is 5.36. The number of unbranched alkanes of at least 4 members (excludes halogenated alkanes) is 1. The maximum atomic E-state index is 12.0. The van der Waals surface area contributed by atoms with E-state index in [2.05, 4.69) is 10.6 Å². The Kier molecular flexibility index (Phi) is 8.28. The fourth-order valence-corrected chi connectivity index (χ4v) is 1.94. The highest BCUT2D eigenvalue weighted by Gasteiger charge is 2.13. The molecule has 0 radical (unpaired) electrons. The molecule has 0 unspecified atom stereocenters. The molecule has 1 aromatic rings. The number of amides is 3. The average Bonchev–Trinajstić information content (AvgIpc) is 2.53. The molecule has 0 aliphatic rings. The standard InChI is InChI=1S/C16H24N4O4/c1-11(21)24-10-12-5-7-13(8-6-12)20-15(22)14(17)4-2-3-9-19-16(18)23/h5-8,14H,2-4,9-10,17H2,1H3,(H,20,22)(H3,18,19,23)/t14-/m0/s1. The van der Waals surface area contributed by atoms with Crippen molar-refractivity contribution in [2.24, 2.45) is 11.5 Å². The van der Waals surface area contributed by atoms with Crippen LogP contribution in [-0.4, -0.2) is 30.5 Å². The Hall–Kier alpha value is -2.61. The van der Waals surface area contributed by atoms with E-state index in [0.717, 1.165) is 5.56 Å². The van der Waals surface area contributed by atoms with Crippen LogP contribution in [0.2, 0.25) is 0 Å². The van der Waals surface area contributed by atoms with Crippen molar-refractivity contribution in [3.63, 3.8) is 0 Å². The zero-order valence-electron chi connectivity index (χ0n) is 13.7. The first kappa shape index (κ1) is 19.4. The number of benzene rings is 1. The number of carbonyl (C=O) groups is 3. The zero-order chi connectivity index (χ0) is 17.9. The largest absolute Gasteiger partial charge is 0.461 e. The number of nitrogens with one attached hydrogen (secondary N) is 2. The molecule has 0 aromatic heterocycles.